The molecule has 3 rings (SSSR count). The predicted octanol–water partition coefficient (Wildman–Crippen LogP) is 1.99. The second-order valence-electron chi connectivity index (χ2n) is 4.18. The van der Waals surface area contributed by atoms with Gasteiger partial charge < -0.3 is 10.8 Å². The van der Waals surface area contributed by atoms with Gasteiger partial charge in [0.05, 0.1) is 0 Å². The van der Waals surface area contributed by atoms with Crippen LogP contribution < -0.4 is 5.73 Å². The van der Waals surface area contributed by atoms with Crippen molar-refractivity contribution >= 4 is 11.3 Å². The van der Waals surface area contributed by atoms with Gasteiger partial charge in [0, 0.05) is 18.0 Å². The van der Waals surface area contributed by atoms with E-state index in [9.17, 15) is 5.11 Å². The topological polar surface area (TPSA) is 76.4 Å². The van der Waals surface area contributed by atoms with E-state index in [0.717, 1.165) is 5.56 Å². The van der Waals surface area contributed by atoms with Crippen LogP contribution in [-0.4, -0.2) is 19.7 Å². The van der Waals surface area contributed by atoms with Gasteiger partial charge in [0.15, 0.2) is 5.65 Å². The quantitative estimate of drug-likeness (QED) is 0.682. The molecule has 0 aliphatic rings. The van der Waals surface area contributed by atoms with Crippen LogP contribution in [0.15, 0.2) is 36.7 Å². The van der Waals surface area contributed by atoms with Crippen LogP contribution in [0.1, 0.15) is 5.56 Å². The summed E-state index contributed by atoms with van der Waals surface area (Å²) in [6.45, 7) is 1.93. The predicted molar refractivity (Wildman–Crippen MR) is 69.2 cm³/mol. The van der Waals surface area contributed by atoms with E-state index in [4.69, 9.17) is 5.73 Å². The fourth-order valence-electron chi connectivity index (χ4n) is 1.92. The molecule has 0 radical (unpaired) electrons. The average molecular weight is 240 g/mol. The maximum Gasteiger partial charge on any atom is 0.178 e. The minimum atomic E-state index is 0.157. The zero-order valence-corrected chi connectivity index (χ0v) is 9.83. The molecule has 0 fully saturated rings. The number of aryl methyl sites for hydroxylation is 1. The summed E-state index contributed by atoms with van der Waals surface area (Å²) in [6.07, 6.45) is 3.59. The van der Waals surface area contributed by atoms with E-state index in [2.05, 4.69) is 10.1 Å². The van der Waals surface area contributed by atoms with E-state index in [1.165, 1.54) is 0 Å². The number of anilines is 1. The van der Waals surface area contributed by atoms with Crippen LogP contribution in [-0.2, 0) is 0 Å². The number of hydrogen-bond donors (Lipinski definition) is 2. The molecule has 2 aromatic heterocycles. The summed E-state index contributed by atoms with van der Waals surface area (Å²) in [5, 5.41) is 14.2. The number of rotatable bonds is 1. The number of aromatic hydroxyl groups is 1. The van der Waals surface area contributed by atoms with Gasteiger partial charge >= 0.3 is 0 Å². The van der Waals surface area contributed by atoms with Crippen molar-refractivity contribution in [3.05, 3.63) is 42.2 Å². The number of aromatic nitrogens is 3. The van der Waals surface area contributed by atoms with Crippen molar-refractivity contribution in [1.82, 2.24) is 14.6 Å². The molecule has 0 aliphatic heterocycles. The smallest absolute Gasteiger partial charge is 0.178 e. The molecule has 0 spiro atoms. The monoisotopic (exact) mass is 240 g/mol. The van der Waals surface area contributed by atoms with Crippen molar-refractivity contribution in [2.75, 3.05) is 5.73 Å². The molecule has 0 saturated heterocycles. The van der Waals surface area contributed by atoms with E-state index < -0.39 is 0 Å². The second kappa shape index (κ2) is 3.73. The Kier molecular flexibility index (Phi) is 2.19. The van der Waals surface area contributed by atoms with Gasteiger partial charge in [-0.1, -0.05) is 12.1 Å². The first-order valence-electron chi connectivity index (χ1n) is 5.55. The molecule has 18 heavy (non-hydrogen) atoms. The maximum atomic E-state index is 9.84. The summed E-state index contributed by atoms with van der Waals surface area (Å²) in [7, 11) is 0. The van der Waals surface area contributed by atoms with Crippen molar-refractivity contribution in [2.45, 2.75) is 6.92 Å². The molecule has 5 heteroatoms. The number of nitrogens with zero attached hydrogens (tertiary/aromatic N) is 3. The number of benzene rings is 1. The summed E-state index contributed by atoms with van der Waals surface area (Å²) in [5.74, 6) is 0.157. The minimum Gasteiger partial charge on any atom is -0.507 e. The van der Waals surface area contributed by atoms with Crippen LogP contribution in [0.5, 0.6) is 5.75 Å². The van der Waals surface area contributed by atoms with Crippen LogP contribution in [0, 0.1) is 6.92 Å². The fraction of sp³-hybridized carbons (Fsp3) is 0.0769. The highest BCUT2D eigenvalue weighted by molar-refractivity contribution is 5.85. The molecule has 1 aromatic carbocycles. The lowest BCUT2D eigenvalue weighted by Crippen LogP contribution is -1.92. The molecular formula is C13H12N4O. The molecule has 0 aliphatic carbocycles. The Morgan fingerprint density at radius 2 is 2.06 bits per heavy atom. The first kappa shape index (κ1) is 10.6. The van der Waals surface area contributed by atoms with Gasteiger partial charge in [-0.3, -0.25) is 0 Å². The number of nitrogens with two attached hydrogens (primary N) is 1. The van der Waals surface area contributed by atoms with Gasteiger partial charge in [-0.15, -0.1) is 0 Å². The van der Waals surface area contributed by atoms with E-state index in [-0.39, 0.29) is 5.75 Å². The highest BCUT2D eigenvalue weighted by Gasteiger charge is 2.15. The summed E-state index contributed by atoms with van der Waals surface area (Å²) < 4.78 is 1.63. The Bertz CT molecular complexity index is 733. The standard InChI is InChI=1S/C13H12N4O/c1-8-6-15-13-11(14)12(16-17(13)7-8)9-4-2-3-5-10(9)18/h2-7,18H,14H2,1H3. The highest BCUT2D eigenvalue weighted by Crippen LogP contribution is 2.33. The normalized spacial score (nSPS) is 10.9. The molecule has 0 unspecified atom stereocenters. The number of phenols is 1. The Labute approximate surface area is 104 Å². The number of para-hydroxylation sites is 1. The van der Waals surface area contributed by atoms with Gasteiger partial charge in [-0.25, -0.2) is 9.50 Å². The number of fused-ring (bicyclic) bond motifs is 1. The molecule has 0 atom stereocenters. The van der Waals surface area contributed by atoms with Gasteiger partial charge in [-0.05, 0) is 24.6 Å². The van der Waals surface area contributed by atoms with Crippen LogP contribution in [0.25, 0.3) is 16.9 Å². The second-order valence-corrected chi connectivity index (χ2v) is 4.18. The van der Waals surface area contributed by atoms with Crippen LogP contribution in [0.3, 0.4) is 0 Å². The summed E-state index contributed by atoms with van der Waals surface area (Å²) >= 11 is 0. The third-order valence-corrected chi connectivity index (χ3v) is 2.80. The maximum absolute atomic E-state index is 9.84. The van der Waals surface area contributed by atoms with Gasteiger partial charge in [0.1, 0.15) is 17.1 Å². The summed E-state index contributed by atoms with van der Waals surface area (Å²) in [4.78, 5) is 4.25. The zero-order valence-electron chi connectivity index (χ0n) is 9.83. The summed E-state index contributed by atoms with van der Waals surface area (Å²) in [5.41, 5.74) is 9.25. The zero-order chi connectivity index (χ0) is 12.7. The van der Waals surface area contributed by atoms with Gasteiger partial charge in [0.2, 0.25) is 0 Å². The SMILES string of the molecule is Cc1cnc2c(N)c(-c3ccccc3O)nn2c1. The molecule has 90 valence electrons. The van der Waals surface area contributed by atoms with Crippen molar-refractivity contribution in [2.24, 2.45) is 0 Å². The van der Waals surface area contributed by atoms with Crippen molar-refractivity contribution in [3.63, 3.8) is 0 Å². The van der Waals surface area contributed by atoms with Crippen LogP contribution in [0.2, 0.25) is 0 Å². The van der Waals surface area contributed by atoms with Gasteiger partial charge in [0.25, 0.3) is 0 Å². The highest BCUT2D eigenvalue weighted by atomic mass is 16.3. The van der Waals surface area contributed by atoms with Crippen molar-refractivity contribution in [1.29, 1.82) is 0 Å². The minimum absolute atomic E-state index is 0.157. The lowest BCUT2D eigenvalue weighted by molar-refractivity contribution is 0.477. The van der Waals surface area contributed by atoms with Crippen LogP contribution in [0.4, 0.5) is 5.69 Å². The fourth-order valence-corrected chi connectivity index (χ4v) is 1.92. The molecule has 5 nitrogen and oxygen atoms in total. The number of hydrogen-bond acceptors (Lipinski definition) is 4. The third-order valence-electron chi connectivity index (χ3n) is 2.80. The van der Waals surface area contributed by atoms with E-state index >= 15 is 0 Å². The van der Waals surface area contributed by atoms with E-state index in [0.29, 0.717) is 22.6 Å². The first-order chi connectivity index (χ1) is 8.66. The van der Waals surface area contributed by atoms with E-state index in [1.54, 1.807) is 28.9 Å². The van der Waals surface area contributed by atoms with Gasteiger partial charge in [-0.2, -0.15) is 5.10 Å². The molecule has 2 heterocycles. The Morgan fingerprint density at radius 3 is 2.83 bits per heavy atom. The Hall–Kier alpha value is -2.56. The molecule has 3 N–H and O–H groups in total. The Morgan fingerprint density at radius 1 is 1.28 bits per heavy atom. The third kappa shape index (κ3) is 1.48. The number of phenolic OH excluding ortho intramolecular Hbond substituents is 1. The molecule has 0 amide bonds. The van der Waals surface area contributed by atoms with Crippen LogP contribution >= 0.6 is 0 Å². The lowest BCUT2D eigenvalue weighted by atomic mass is 10.1. The van der Waals surface area contributed by atoms with E-state index in [1.807, 2.05) is 19.2 Å². The first-order valence-corrected chi connectivity index (χ1v) is 5.55. The largest absolute Gasteiger partial charge is 0.507 e. The Balaban J connectivity index is 2.31. The molecule has 0 saturated carbocycles. The summed E-state index contributed by atoms with van der Waals surface area (Å²) in [6, 6.07) is 6.97. The average Bonchev–Trinajstić information content (AvgIpc) is 2.67. The number of nitrogen functional groups attached to an aromatic ring is 1. The lowest BCUT2D eigenvalue weighted by Gasteiger charge is -2.00. The molecule has 0 bridgehead atoms. The molecular weight excluding hydrogens is 228 g/mol. The van der Waals surface area contributed by atoms with Crippen molar-refractivity contribution < 1.29 is 5.11 Å². The van der Waals surface area contributed by atoms with Crippen molar-refractivity contribution in [3.8, 4) is 17.0 Å². The molecule has 3 aromatic rings.